The van der Waals surface area contributed by atoms with Gasteiger partial charge >= 0.3 is 0 Å². The Morgan fingerprint density at radius 1 is 0.306 bits per heavy atom. The minimum absolute atomic E-state index is 0.566. The van der Waals surface area contributed by atoms with E-state index in [4.69, 9.17) is 24.9 Å². The van der Waals surface area contributed by atoms with Crippen molar-refractivity contribution in [3.05, 3.63) is 218 Å². The highest BCUT2D eigenvalue weighted by Gasteiger charge is 2.21. The van der Waals surface area contributed by atoms with Crippen molar-refractivity contribution in [2.24, 2.45) is 0 Å². The number of para-hydroxylation sites is 1. The van der Waals surface area contributed by atoms with Gasteiger partial charge < -0.3 is 4.57 Å². The molecule has 62 heavy (non-hydrogen) atoms. The Morgan fingerprint density at radius 2 is 0.774 bits per heavy atom. The van der Waals surface area contributed by atoms with Gasteiger partial charge in [-0.1, -0.05) is 175 Å². The third kappa shape index (κ3) is 6.89. The minimum atomic E-state index is 0.566. The molecule has 3 heterocycles. The molecule has 11 aromatic rings. The molecule has 3 aromatic heterocycles. The fourth-order valence-electron chi connectivity index (χ4n) is 8.23. The van der Waals surface area contributed by atoms with Crippen molar-refractivity contribution in [3.8, 4) is 84.9 Å². The normalized spacial score (nSPS) is 11.3. The van der Waals surface area contributed by atoms with Gasteiger partial charge in [0.2, 0.25) is 0 Å². The smallest absolute Gasteiger partial charge is 0.164 e. The largest absolute Gasteiger partial charge is 0.309 e. The van der Waals surface area contributed by atoms with Gasteiger partial charge in [-0.05, 0) is 60.5 Å². The Labute approximate surface area is 359 Å². The Balaban J connectivity index is 1.19. The number of rotatable bonds is 8. The third-order valence-electron chi connectivity index (χ3n) is 11.4. The predicted octanol–water partition coefficient (Wildman–Crippen LogP) is 13.7. The van der Waals surface area contributed by atoms with E-state index >= 15 is 0 Å². The number of aryl methyl sites for hydroxylation is 1. The lowest BCUT2D eigenvalue weighted by Crippen LogP contribution is -2.03. The molecule has 0 spiro atoms. The Kier molecular flexibility index (Phi) is 9.28. The summed E-state index contributed by atoms with van der Waals surface area (Å²) in [5.41, 5.74) is 13.9. The molecule has 0 aliphatic carbocycles. The van der Waals surface area contributed by atoms with E-state index in [0.717, 1.165) is 61.5 Å². The lowest BCUT2D eigenvalue weighted by Gasteiger charge is -2.17. The zero-order valence-corrected chi connectivity index (χ0v) is 33.9. The fraction of sp³-hybridized carbons (Fsp3) is 0.0179. The van der Waals surface area contributed by atoms with Crippen LogP contribution in [-0.4, -0.2) is 29.5 Å². The van der Waals surface area contributed by atoms with Crippen molar-refractivity contribution in [1.82, 2.24) is 29.5 Å². The average molecular weight is 795 g/mol. The van der Waals surface area contributed by atoms with Crippen molar-refractivity contribution in [2.75, 3.05) is 0 Å². The average Bonchev–Trinajstić information content (AvgIpc) is 3.68. The maximum atomic E-state index is 5.38. The molecular formula is C56H38N6. The molecule has 0 fully saturated rings. The van der Waals surface area contributed by atoms with E-state index in [9.17, 15) is 0 Å². The predicted molar refractivity (Wildman–Crippen MR) is 253 cm³/mol. The van der Waals surface area contributed by atoms with Crippen LogP contribution in [0.15, 0.2) is 212 Å². The van der Waals surface area contributed by atoms with Crippen LogP contribution in [0, 0.1) is 6.92 Å². The lowest BCUT2D eigenvalue weighted by atomic mass is 10.0. The summed E-state index contributed by atoms with van der Waals surface area (Å²) in [6.07, 6.45) is 0. The van der Waals surface area contributed by atoms with Gasteiger partial charge in [0.25, 0.3) is 0 Å². The standard InChI is InChI=1S/C56H38N6/c1-37-26-28-38(29-27-37)43-30-32-51-46(34-43)45-24-14-15-25-50(45)62(51)52-33-31-44(56-60-54(41-20-10-4-11-21-41)59-55(61-56)42-22-12-5-13-23-42)35-47(52)49-36-48(39-16-6-2-7-17-39)57-53(58-49)40-18-8-3-9-19-40/h2-36H,1H3. The molecule has 0 radical (unpaired) electrons. The minimum Gasteiger partial charge on any atom is -0.309 e. The Morgan fingerprint density at radius 3 is 1.39 bits per heavy atom. The molecule has 0 aliphatic rings. The molecule has 0 N–H and O–H groups in total. The maximum absolute atomic E-state index is 5.38. The monoisotopic (exact) mass is 794 g/mol. The first-order valence-electron chi connectivity index (χ1n) is 20.8. The van der Waals surface area contributed by atoms with E-state index in [1.807, 2.05) is 97.1 Å². The van der Waals surface area contributed by atoms with Crippen LogP contribution in [0.3, 0.4) is 0 Å². The van der Waals surface area contributed by atoms with E-state index in [1.165, 1.54) is 27.5 Å². The van der Waals surface area contributed by atoms with E-state index < -0.39 is 0 Å². The Hall–Kier alpha value is -8.35. The summed E-state index contributed by atoms with van der Waals surface area (Å²) in [7, 11) is 0. The van der Waals surface area contributed by atoms with E-state index in [2.05, 4.69) is 127 Å². The highest BCUT2D eigenvalue weighted by atomic mass is 15.0. The van der Waals surface area contributed by atoms with Crippen LogP contribution in [0.4, 0.5) is 0 Å². The van der Waals surface area contributed by atoms with Gasteiger partial charge in [0.1, 0.15) is 0 Å². The molecule has 0 aliphatic heterocycles. The molecule has 8 aromatic carbocycles. The first-order chi connectivity index (χ1) is 30.6. The summed E-state index contributed by atoms with van der Waals surface area (Å²) in [5.74, 6) is 2.41. The van der Waals surface area contributed by atoms with Gasteiger partial charge in [0, 0.05) is 44.2 Å². The summed E-state index contributed by atoms with van der Waals surface area (Å²) in [6, 6.07) is 73.4. The van der Waals surface area contributed by atoms with Gasteiger partial charge in [0.05, 0.1) is 28.1 Å². The molecule has 11 rings (SSSR count). The molecule has 0 atom stereocenters. The van der Waals surface area contributed by atoms with Crippen molar-refractivity contribution < 1.29 is 0 Å². The second-order valence-electron chi connectivity index (χ2n) is 15.4. The summed E-state index contributed by atoms with van der Waals surface area (Å²) < 4.78 is 2.37. The van der Waals surface area contributed by atoms with Crippen LogP contribution in [-0.2, 0) is 0 Å². The molecule has 0 saturated heterocycles. The summed E-state index contributed by atoms with van der Waals surface area (Å²) in [5, 5.41) is 2.34. The number of nitrogens with zero attached hydrogens (tertiary/aromatic N) is 6. The Bertz CT molecular complexity index is 3270. The maximum Gasteiger partial charge on any atom is 0.164 e. The van der Waals surface area contributed by atoms with Crippen LogP contribution in [0.2, 0.25) is 0 Å². The lowest BCUT2D eigenvalue weighted by molar-refractivity contribution is 1.07. The van der Waals surface area contributed by atoms with Crippen LogP contribution >= 0.6 is 0 Å². The van der Waals surface area contributed by atoms with Crippen molar-refractivity contribution >= 4 is 21.8 Å². The number of benzene rings is 8. The number of aromatic nitrogens is 6. The second kappa shape index (κ2) is 15.7. The number of hydrogen-bond donors (Lipinski definition) is 0. The van der Waals surface area contributed by atoms with E-state index in [1.54, 1.807) is 0 Å². The SMILES string of the molecule is Cc1ccc(-c2ccc3c(c2)c2ccccc2n3-c2ccc(-c3nc(-c4ccccc4)nc(-c4ccccc4)n3)cc2-c2cc(-c3ccccc3)nc(-c3ccccc3)n2)cc1. The highest BCUT2D eigenvalue weighted by Crippen LogP contribution is 2.40. The van der Waals surface area contributed by atoms with Gasteiger partial charge in [0.15, 0.2) is 23.3 Å². The van der Waals surface area contributed by atoms with E-state index in [-0.39, 0.29) is 0 Å². The molecule has 0 saturated carbocycles. The van der Waals surface area contributed by atoms with Crippen molar-refractivity contribution in [1.29, 1.82) is 0 Å². The van der Waals surface area contributed by atoms with Crippen LogP contribution in [0.1, 0.15) is 5.56 Å². The van der Waals surface area contributed by atoms with Crippen LogP contribution in [0.5, 0.6) is 0 Å². The number of hydrogen-bond acceptors (Lipinski definition) is 5. The zero-order valence-electron chi connectivity index (χ0n) is 33.9. The zero-order chi connectivity index (χ0) is 41.4. The highest BCUT2D eigenvalue weighted by molar-refractivity contribution is 6.11. The molecule has 6 heteroatoms. The first-order valence-corrected chi connectivity index (χ1v) is 20.8. The molecule has 292 valence electrons. The second-order valence-corrected chi connectivity index (χ2v) is 15.4. The molecule has 0 amide bonds. The number of fused-ring (bicyclic) bond motifs is 3. The first kappa shape index (κ1) is 36.7. The van der Waals surface area contributed by atoms with Gasteiger partial charge in [-0.2, -0.15) is 0 Å². The van der Waals surface area contributed by atoms with Gasteiger partial charge in [-0.3, -0.25) is 0 Å². The fourth-order valence-corrected chi connectivity index (χ4v) is 8.23. The molecule has 0 unspecified atom stereocenters. The molecule has 6 nitrogen and oxygen atoms in total. The topological polar surface area (TPSA) is 69.4 Å². The summed E-state index contributed by atoms with van der Waals surface area (Å²) in [6.45, 7) is 2.12. The van der Waals surface area contributed by atoms with Gasteiger partial charge in [-0.15, -0.1) is 0 Å². The summed E-state index contributed by atoms with van der Waals surface area (Å²) in [4.78, 5) is 25.8. The van der Waals surface area contributed by atoms with Crippen LogP contribution in [0.25, 0.3) is 107 Å². The quantitative estimate of drug-likeness (QED) is 0.153. The van der Waals surface area contributed by atoms with Crippen molar-refractivity contribution in [2.45, 2.75) is 6.92 Å². The van der Waals surface area contributed by atoms with E-state index in [0.29, 0.717) is 23.3 Å². The molecule has 0 bridgehead atoms. The molecular weight excluding hydrogens is 757 g/mol. The van der Waals surface area contributed by atoms with Crippen molar-refractivity contribution in [3.63, 3.8) is 0 Å². The third-order valence-corrected chi connectivity index (χ3v) is 11.4. The summed E-state index contributed by atoms with van der Waals surface area (Å²) >= 11 is 0. The van der Waals surface area contributed by atoms with Gasteiger partial charge in [-0.25, -0.2) is 24.9 Å². The van der Waals surface area contributed by atoms with Crippen LogP contribution < -0.4 is 0 Å².